The fourth-order valence-corrected chi connectivity index (χ4v) is 5.10. The molecule has 4 unspecified atom stereocenters. The minimum absolute atomic E-state index is 0.124. The highest BCUT2D eigenvalue weighted by Gasteiger charge is 2.50. The number of carbonyl (C=O) groups excluding carboxylic acids is 1. The van der Waals surface area contributed by atoms with E-state index in [0.717, 1.165) is 29.2 Å². The zero-order valence-electron chi connectivity index (χ0n) is 18.5. The second-order valence-corrected chi connectivity index (χ2v) is 8.65. The van der Waals surface area contributed by atoms with Gasteiger partial charge in [0.2, 0.25) is 0 Å². The van der Waals surface area contributed by atoms with Crippen molar-refractivity contribution in [2.24, 2.45) is 0 Å². The molecule has 2 aliphatic rings. The van der Waals surface area contributed by atoms with E-state index < -0.39 is 12.1 Å². The number of nitrogens with zero attached hydrogens (tertiary/aromatic N) is 2. The first-order valence-electron chi connectivity index (χ1n) is 11.3. The molecular formula is C26H27FN2O4. The van der Waals surface area contributed by atoms with Crippen LogP contribution in [0.25, 0.3) is 10.9 Å². The van der Waals surface area contributed by atoms with Crippen molar-refractivity contribution >= 4 is 17.2 Å². The van der Waals surface area contributed by atoms with Gasteiger partial charge in [-0.1, -0.05) is 36.4 Å². The van der Waals surface area contributed by atoms with E-state index in [1.54, 1.807) is 30.3 Å². The Balaban J connectivity index is 1.49. The smallest absolute Gasteiger partial charge is 0.310 e. The summed E-state index contributed by atoms with van der Waals surface area (Å²) < 4.78 is 34.1. The van der Waals surface area contributed by atoms with Crippen molar-refractivity contribution in [3.05, 3.63) is 66.4 Å². The van der Waals surface area contributed by atoms with E-state index in [9.17, 15) is 4.79 Å². The summed E-state index contributed by atoms with van der Waals surface area (Å²) in [5.41, 5.74) is 1.70. The Bertz CT molecular complexity index is 1130. The van der Waals surface area contributed by atoms with Crippen molar-refractivity contribution < 1.29 is 23.4 Å². The van der Waals surface area contributed by atoms with Crippen molar-refractivity contribution in [1.29, 1.82) is 0 Å². The van der Waals surface area contributed by atoms with Crippen LogP contribution < -0.4 is 9.47 Å². The molecule has 5 rings (SSSR count). The van der Waals surface area contributed by atoms with E-state index in [1.807, 2.05) is 42.5 Å². The maximum atomic E-state index is 16.8. The second kappa shape index (κ2) is 9.08. The molecule has 0 radical (unpaired) electrons. The van der Waals surface area contributed by atoms with Crippen molar-refractivity contribution in [2.75, 3.05) is 20.3 Å². The number of piperidine rings is 1. The van der Waals surface area contributed by atoms with Crippen LogP contribution in [-0.2, 0) is 9.53 Å². The Hall–Kier alpha value is -3.03. The molecule has 0 saturated carbocycles. The van der Waals surface area contributed by atoms with Crippen LogP contribution in [0.15, 0.2) is 60.8 Å². The first kappa shape index (κ1) is 21.8. The summed E-state index contributed by atoms with van der Waals surface area (Å²) >= 11 is 0. The van der Waals surface area contributed by atoms with E-state index in [2.05, 4.69) is 4.98 Å². The molecule has 2 aliphatic heterocycles. The van der Waals surface area contributed by atoms with Crippen LogP contribution in [0.4, 0.5) is 4.39 Å². The van der Waals surface area contributed by atoms with Gasteiger partial charge in [0, 0.05) is 30.6 Å². The van der Waals surface area contributed by atoms with E-state index in [1.165, 1.54) is 0 Å². The number of methoxy groups -OCH3 is 1. The normalized spacial score (nSPS) is 28.0. The van der Waals surface area contributed by atoms with Crippen molar-refractivity contribution in [1.82, 2.24) is 9.88 Å². The number of halogens is 1. The number of para-hydroxylation sites is 1. The maximum absolute atomic E-state index is 16.8. The molecule has 0 bridgehead atoms. The van der Waals surface area contributed by atoms with Gasteiger partial charge < -0.3 is 19.0 Å². The summed E-state index contributed by atoms with van der Waals surface area (Å²) in [7, 11) is 1.63. The second-order valence-electron chi connectivity index (χ2n) is 8.65. The number of aromatic nitrogens is 1. The van der Waals surface area contributed by atoms with Crippen LogP contribution in [0.3, 0.4) is 0 Å². The summed E-state index contributed by atoms with van der Waals surface area (Å²) in [5, 5.41) is 0.977. The predicted molar refractivity (Wildman–Crippen MR) is 122 cm³/mol. The third-order valence-electron chi connectivity index (χ3n) is 6.67. The molecule has 1 aromatic heterocycles. The molecule has 0 N–H and O–H groups in total. The molecule has 6 nitrogen and oxygen atoms in total. The lowest BCUT2D eigenvalue weighted by atomic mass is 9.85. The highest BCUT2D eigenvalue weighted by Crippen LogP contribution is 2.45. The van der Waals surface area contributed by atoms with Crippen molar-refractivity contribution in [3.63, 3.8) is 0 Å². The molecule has 7 heteroatoms. The maximum Gasteiger partial charge on any atom is 0.310 e. The van der Waals surface area contributed by atoms with Crippen LogP contribution in [0.5, 0.6) is 11.5 Å². The molecular weight excluding hydrogens is 423 g/mol. The number of alkyl halides is 1. The molecule has 3 aromatic rings. The lowest BCUT2D eigenvalue weighted by Gasteiger charge is -2.46. The number of hydrogen-bond acceptors (Lipinski definition) is 6. The van der Waals surface area contributed by atoms with Gasteiger partial charge in [-0.2, -0.15) is 4.39 Å². The Morgan fingerprint density at radius 2 is 2.03 bits per heavy atom. The number of benzene rings is 2. The minimum Gasteiger partial charge on any atom is -0.494 e. The summed E-state index contributed by atoms with van der Waals surface area (Å²) in [6.07, 6.45) is 3.33. The molecule has 2 fully saturated rings. The average molecular weight is 451 g/mol. The molecule has 0 spiro atoms. The quantitative estimate of drug-likeness (QED) is 0.408. The van der Waals surface area contributed by atoms with Crippen LogP contribution in [-0.4, -0.2) is 54.6 Å². The Morgan fingerprint density at radius 1 is 1.18 bits per heavy atom. The standard InChI is InChI=1S/C26H27FN2O4/c1-31-25-23(10-9-18-6-5-12-28-24(18)25)19-11-13-29(20-14-22(16-30)32-17-20)26(27,15-19)33-21-7-3-2-4-8-21/h2-10,12,16,19-20,22H,11,13-15,17H2,1H3. The summed E-state index contributed by atoms with van der Waals surface area (Å²) in [5.74, 6) is -1.04. The number of aldehydes is 1. The Morgan fingerprint density at radius 3 is 2.79 bits per heavy atom. The number of hydrogen-bond donors (Lipinski definition) is 0. The first-order valence-corrected chi connectivity index (χ1v) is 11.3. The van der Waals surface area contributed by atoms with E-state index >= 15 is 4.39 Å². The van der Waals surface area contributed by atoms with Crippen molar-refractivity contribution in [2.45, 2.75) is 43.3 Å². The third kappa shape index (κ3) is 4.18. The number of ether oxygens (including phenoxy) is 3. The van der Waals surface area contributed by atoms with Gasteiger partial charge in [-0.05, 0) is 42.5 Å². The molecule has 2 saturated heterocycles. The van der Waals surface area contributed by atoms with Gasteiger partial charge in [0.15, 0.2) is 0 Å². The number of fused-ring (bicyclic) bond motifs is 1. The van der Waals surface area contributed by atoms with Crippen LogP contribution in [0, 0.1) is 0 Å². The van der Waals surface area contributed by atoms with Gasteiger partial charge >= 0.3 is 5.98 Å². The zero-order valence-corrected chi connectivity index (χ0v) is 18.5. The van der Waals surface area contributed by atoms with Gasteiger partial charge in [0.1, 0.15) is 29.4 Å². The highest BCUT2D eigenvalue weighted by atomic mass is 19.2. The van der Waals surface area contributed by atoms with E-state index in [-0.39, 0.29) is 18.4 Å². The summed E-state index contributed by atoms with van der Waals surface area (Å²) in [4.78, 5) is 17.4. The molecule has 0 aliphatic carbocycles. The number of likely N-dealkylation sites (tertiary alicyclic amines) is 1. The molecule has 33 heavy (non-hydrogen) atoms. The summed E-state index contributed by atoms with van der Waals surface area (Å²) in [6.45, 7) is 0.776. The van der Waals surface area contributed by atoms with Crippen LogP contribution >= 0.6 is 0 Å². The lowest BCUT2D eigenvalue weighted by Crippen LogP contribution is -2.58. The number of rotatable bonds is 6. The molecule has 0 amide bonds. The molecule has 3 heterocycles. The minimum atomic E-state index is -2.06. The zero-order chi connectivity index (χ0) is 22.8. The monoisotopic (exact) mass is 450 g/mol. The van der Waals surface area contributed by atoms with Gasteiger partial charge in [-0.25, -0.2) is 4.90 Å². The van der Waals surface area contributed by atoms with Gasteiger partial charge in [0.25, 0.3) is 0 Å². The summed E-state index contributed by atoms with van der Waals surface area (Å²) in [6, 6.07) is 16.7. The molecule has 4 atom stereocenters. The first-order chi connectivity index (χ1) is 16.1. The van der Waals surface area contributed by atoms with Gasteiger partial charge in [-0.3, -0.25) is 4.98 Å². The highest BCUT2D eigenvalue weighted by molar-refractivity contribution is 5.86. The average Bonchev–Trinajstić information content (AvgIpc) is 3.32. The third-order valence-corrected chi connectivity index (χ3v) is 6.67. The number of pyridine rings is 1. The van der Waals surface area contributed by atoms with Gasteiger partial charge in [0.05, 0.1) is 13.7 Å². The Labute approximate surface area is 192 Å². The lowest BCUT2D eigenvalue weighted by molar-refractivity contribution is -0.224. The topological polar surface area (TPSA) is 60.9 Å². The fraction of sp³-hybridized carbons (Fsp3) is 0.385. The number of carbonyl (C=O) groups is 1. The van der Waals surface area contributed by atoms with Gasteiger partial charge in [-0.15, -0.1) is 0 Å². The van der Waals surface area contributed by atoms with E-state index in [0.29, 0.717) is 31.1 Å². The largest absolute Gasteiger partial charge is 0.494 e. The SMILES string of the molecule is COc1c(C2CCN(C3COC(C=O)C3)C(F)(Oc3ccccc3)C2)ccc2cccnc12. The Kier molecular flexibility index (Phi) is 6.00. The van der Waals surface area contributed by atoms with Crippen molar-refractivity contribution in [3.8, 4) is 11.5 Å². The van der Waals surface area contributed by atoms with Crippen LogP contribution in [0.1, 0.15) is 30.7 Å². The molecule has 172 valence electrons. The molecule has 2 aromatic carbocycles. The predicted octanol–water partition coefficient (Wildman–Crippen LogP) is 4.48. The van der Waals surface area contributed by atoms with E-state index in [4.69, 9.17) is 14.2 Å². The van der Waals surface area contributed by atoms with Crippen LogP contribution in [0.2, 0.25) is 0 Å². The fourth-order valence-electron chi connectivity index (χ4n) is 5.10.